The minimum Gasteiger partial charge on any atom is -0.351 e. The summed E-state index contributed by atoms with van der Waals surface area (Å²) in [7, 11) is 0. The average molecular weight is 363 g/mol. The van der Waals surface area contributed by atoms with E-state index in [9.17, 15) is 9.59 Å². The Morgan fingerprint density at radius 2 is 1.92 bits per heavy atom. The summed E-state index contributed by atoms with van der Waals surface area (Å²) in [6, 6.07) is 14.3. The maximum atomic E-state index is 12.2. The number of halogens is 2. The molecule has 0 aliphatic carbocycles. The fourth-order valence-electron chi connectivity index (χ4n) is 2.79. The Morgan fingerprint density at radius 1 is 1.17 bits per heavy atom. The molecule has 1 unspecified atom stereocenters. The highest BCUT2D eigenvalue weighted by atomic mass is 35.5. The van der Waals surface area contributed by atoms with Crippen LogP contribution in [0.5, 0.6) is 0 Å². The second-order valence-electron chi connectivity index (χ2n) is 5.72. The zero-order valence-corrected chi connectivity index (χ0v) is 14.3. The number of rotatable bonds is 4. The number of carbonyl (C=O) groups excluding carboxylic acids is 2. The van der Waals surface area contributed by atoms with Gasteiger partial charge in [0.15, 0.2) is 0 Å². The van der Waals surface area contributed by atoms with Crippen LogP contribution >= 0.6 is 23.2 Å². The van der Waals surface area contributed by atoms with E-state index in [1.165, 1.54) is 0 Å². The Hall–Kier alpha value is -2.04. The van der Waals surface area contributed by atoms with Crippen molar-refractivity contribution in [2.45, 2.75) is 18.9 Å². The summed E-state index contributed by atoms with van der Waals surface area (Å²) in [5, 5.41) is 3.94. The minimum atomic E-state index is -0.205. The lowest BCUT2D eigenvalue weighted by Gasteiger charge is -2.17. The molecule has 1 aliphatic rings. The van der Waals surface area contributed by atoms with Gasteiger partial charge in [-0.1, -0.05) is 41.4 Å². The molecule has 1 saturated heterocycles. The van der Waals surface area contributed by atoms with Gasteiger partial charge in [-0.25, -0.2) is 0 Å². The van der Waals surface area contributed by atoms with Crippen LogP contribution in [0.25, 0.3) is 0 Å². The van der Waals surface area contributed by atoms with Crippen LogP contribution in [0.1, 0.15) is 12.0 Å². The number of anilines is 1. The number of hydrogen-bond acceptors (Lipinski definition) is 2. The highest BCUT2D eigenvalue weighted by Gasteiger charge is 2.31. The third-order valence-electron chi connectivity index (χ3n) is 3.92. The van der Waals surface area contributed by atoms with Crippen molar-refractivity contribution in [3.05, 3.63) is 64.1 Å². The number of nitrogens with zero attached hydrogens (tertiary/aromatic N) is 1. The molecule has 3 rings (SSSR count). The molecule has 124 valence electrons. The third-order valence-corrected chi connectivity index (χ3v) is 4.52. The summed E-state index contributed by atoms with van der Waals surface area (Å²) >= 11 is 12.0. The average Bonchev–Trinajstić information content (AvgIpc) is 2.92. The molecule has 24 heavy (non-hydrogen) atoms. The molecule has 0 aromatic heterocycles. The first-order chi connectivity index (χ1) is 11.5. The Labute approximate surface area is 150 Å². The van der Waals surface area contributed by atoms with Crippen LogP contribution in [-0.4, -0.2) is 24.4 Å². The van der Waals surface area contributed by atoms with E-state index in [1.54, 1.807) is 23.1 Å². The number of amides is 2. The molecule has 0 saturated carbocycles. The van der Waals surface area contributed by atoms with E-state index < -0.39 is 0 Å². The van der Waals surface area contributed by atoms with Gasteiger partial charge in [0.05, 0.1) is 12.5 Å². The van der Waals surface area contributed by atoms with Gasteiger partial charge in [-0.05, 0) is 35.9 Å². The summed E-state index contributed by atoms with van der Waals surface area (Å²) in [5.74, 6) is -0.167. The lowest BCUT2D eigenvalue weighted by Crippen LogP contribution is -2.38. The van der Waals surface area contributed by atoms with Gasteiger partial charge >= 0.3 is 0 Å². The molecule has 0 radical (unpaired) electrons. The van der Waals surface area contributed by atoms with Crippen LogP contribution < -0.4 is 10.2 Å². The molecule has 2 aromatic carbocycles. The van der Waals surface area contributed by atoms with E-state index in [0.717, 1.165) is 5.69 Å². The van der Waals surface area contributed by atoms with E-state index in [1.807, 2.05) is 30.3 Å². The topological polar surface area (TPSA) is 49.4 Å². The van der Waals surface area contributed by atoms with E-state index in [4.69, 9.17) is 23.2 Å². The predicted molar refractivity (Wildman–Crippen MR) is 95.5 cm³/mol. The van der Waals surface area contributed by atoms with Gasteiger partial charge in [0.25, 0.3) is 0 Å². The second kappa shape index (κ2) is 7.24. The summed E-state index contributed by atoms with van der Waals surface area (Å²) in [6.45, 7) is 0.470. The first-order valence-corrected chi connectivity index (χ1v) is 8.37. The molecule has 2 aromatic rings. The van der Waals surface area contributed by atoms with Crippen molar-refractivity contribution in [3.63, 3.8) is 0 Å². The number of nitrogens with one attached hydrogen (secondary N) is 1. The van der Waals surface area contributed by atoms with Crippen LogP contribution in [0, 0.1) is 0 Å². The summed E-state index contributed by atoms with van der Waals surface area (Å²) < 4.78 is 0. The highest BCUT2D eigenvalue weighted by Crippen LogP contribution is 2.23. The van der Waals surface area contributed by atoms with Gasteiger partial charge in [0.2, 0.25) is 11.8 Å². The van der Waals surface area contributed by atoms with Gasteiger partial charge in [0, 0.05) is 28.7 Å². The van der Waals surface area contributed by atoms with E-state index in [2.05, 4.69) is 5.32 Å². The van der Waals surface area contributed by atoms with Crippen molar-refractivity contribution in [1.82, 2.24) is 5.32 Å². The molecule has 6 heteroatoms. The predicted octanol–water partition coefficient (Wildman–Crippen LogP) is 3.46. The van der Waals surface area contributed by atoms with Crippen LogP contribution in [0.2, 0.25) is 10.0 Å². The molecule has 0 bridgehead atoms. The maximum Gasteiger partial charge on any atom is 0.229 e. The number of benzene rings is 2. The third kappa shape index (κ3) is 3.89. The van der Waals surface area contributed by atoms with Gasteiger partial charge in [-0.3, -0.25) is 9.59 Å². The molecule has 2 amide bonds. The SMILES string of the molecule is O=C(Cc1cc(Cl)ccc1Cl)NC1CC(=O)N(c2ccccc2)C1. The lowest BCUT2D eigenvalue weighted by atomic mass is 10.1. The van der Waals surface area contributed by atoms with Crippen molar-refractivity contribution in [3.8, 4) is 0 Å². The molecule has 1 atom stereocenters. The smallest absolute Gasteiger partial charge is 0.229 e. The zero-order valence-electron chi connectivity index (χ0n) is 12.8. The maximum absolute atomic E-state index is 12.2. The van der Waals surface area contributed by atoms with Crippen molar-refractivity contribution in [2.75, 3.05) is 11.4 Å². The number of para-hydroxylation sites is 1. The van der Waals surface area contributed by atoms with Gasteiger partial charge in [-0.2, -0.15) is 0 Å². The van der Waals surface area contributed by atoms with Crippen molar-refractivity contribution >= 4 is 40.7 Å². The lowest BCUT2D eigenvalue weighted by molar-refractivity contribution is -0.121. The normalized spacial score (nSPS) is 17.2. The van der Waals surface area contributed by atoms with E-state index >= 15 is 0 Å². The molecule has 1 fully saturated rings. The summed E-state index contributed by atoms with van der Waals surface area (Å²) in [4.78, 5) is 26.1. The largest absolute Gasteiger partial charge is 0.351 e. The zero-order chi connectivity index (χ0) is 17.1. The van der Waals surface area contributed by atoms with Crippen LogP contribution in [0.4, 0.5) is 5.69 Å². The van der Waals surface area contributed by atoms with Crippen molar-refractivity contribution in [2.24, 2.45) is 0 Å². The van der Waals surface area contributed by atoms with Crippen molar-refractivity contribution < 1.29 is 9.59 Å². The Kier molecular flexibility index (Phi) is 5.07. The Balaban J connectivity index is 1.61. The van der Waals surface area contributed by atoms with E-state index in [-0.39, 0.29) is 24.3 Å². The van der Waals surface area contributed by atoms with Crippen LogP contribution in [0.15, 0.2) is 48.5 Å². The summed E-state index contributed by atoms with van der Waals surface area (Å²) in [6.07, 6.45) is 0.430. The quantitative estimate of drug-likeness (QED) is 0.905. The molecule has 1 heterocycles. The molecule has 0 spiro atoms. The van der Waals surface area contributed by atoms with Crippen molar-refractivity contribution in [1.29, 1.82) is 0 Å². The van der Waals surface area contributed by atoms with E-state index in [0.29, 0.717) is 28.6 Å². The fourth-order valence-corrected chi connectivity index (χ4v) is 3.17. The Morgan fingerprint density at radius 3 is 2.67 bits per heavy atom. The fraction of sp³-hybridized carbons (Fsp3) is 0.222. The first kappa shape index (κ1) is 16.8. The number of carbonyl (C=O) groups is 2. The molecular formula is C18H16Cl2N2O2. The molecular weight excluding hydrogens is 347 g/mol. The molecule has 1 N–H and O–H groups in total. The summed E-state index contributed by atoms with van der Waals surface area (Å²) in [5.41, 5.74) is 1.52. The van der Waals surface area contributed by atoms with Crippen LogP contribution in [0.3, 0.4) is 0 Å². The number of hydrogen-bond donors (Lipinski definition) is 1. The van der Waals surface area contributed by atoms with Gasteiger partial charge in [-0.15, -0.1) is 0 Å². The highest BCUT2D eigenvalue weighted by molar-refractivity contribution is 6.33. The molecule has 4 nitrogen and oxygen atoms in total. The second-order valence-corrected chi connectivity index (χ2v) is 6.56. The molecule has 1 aliphatic heterocycles. The van der Waals surface area contributed by atoms with Gasteiger partial charge < -0.3 is 10.2 Å². The first-order valence-electron chi connectivity index (χ1n) is 7.61. The Bertz CT molecular complexity index is 765. The van der Waals surface area contributed by atoms with Crippen LogP contribution in [-0.2, 0) is 16.0 Å². The minimum absolute atomic E-state index is 0.00675. The monoisotopic (exact) mass is 362 g/mol. The standard InChI is InChI=1S/C18H16Cl2N2O2/c19-13-6-7-16(20)12(8-13)9-17(23)21-14-10-18(24)22(11-14)15-4-2-1-3-5-15/h1-8,14H,9-11H2,(H,21,23). The van der Waals surface area contributed by atoms with Gasteiger partial charge in [0.1, 0.15) is 0 Å².